The second-order valence-corrected chi connectivity index (χ2v) is 3.64. The Hall–Kier alpha value is -3.24. The Labute approximate surface area is 165 Å². The van der Waals surface area contributed by atoms with Crippen LogP contribution < -0.4 is 5.43 Å². The molecule has 26 heavy (non-hydrogen) atoms. The van der Waals surface area contributed by atoms with Crippen LogP contribution in [-0.2, 0) is 0 Å². The van der Waals surface area contributed by atoms with Crippen molar-refractivity contribution in [3.63, 3.8) is 0 Å². The van der Waals surface area contributed by atoms with Crippen molar-refractivity contribution in [2.24, 2.45) is 5.10 Å². The Morgan fingerprint density at radius 3 is 2.00 bits per heavy atom. The molecule has 2 rings (SSSR count). The largest absolute Gasteiger partial charge is 2.00 e. The first-order valence-corrected chi connectivity index (χ1v) is 6.10. The molecule has 0 saturated carbocycles. The van der Waals surface area contributed by atoms with Crippen LogP contribution in [0.15, 0.2) is 54.0 Å². The second-order valence-electron chi connectivity index (χ2n) is 3.64. The normalized spacial score (nSPS) is 8.62. The third-order valence-electron chi connectivity index (χ3n) is 1.99. The monoisotopic (exact) mass is 558 g/mol. The van der Waals surface area contributed by atoms with Crippen LogP contribution >= 0.6 is 0 Å². The van der Waals surface area contributed by atoms with Gasteiger partial charge in [0.05, 0.1) is 22.1 Å². The number of amides is 1. The number of carbonyl (C=O) groups excluding carboxylic acids is 1. The van der Waals surface area contributed by atoms with Crippen LogP contribution in [-0.4, -0.2) is 59.6 Å². The number of nitrogens with zero attached hydrogens (tertiary/aromatic N) is 5. The number of hydrogen-bond donors (Lipinski definition) is 1. The topological polar surface area (TPSA) is 200 Å². The number of carbonyl (C=O) groups is 1. The van der Waals surface area contributed by atoms with Crippen molar-refractivity contribution < 1.29 is 15.0 Å². The summed E-state index contributed by atoms with van der Waals surface area (Å²) in [5, 5.41) is 33.3. The van der Waals surface area contributed by atoms with Gasteiger partial charge in [-0.2, -0.15) is 5.10 Å². The number of rotatable bonds is 3. The quantitative estimate of drug-likeness (QED) is 0.240. The summed E-state index contributed by atoms with van der Waals surface area (Å²) in [6.45, 7) is 0. The summed E-state index contributed by atoms with van der Waals surface area (Å²) in [6, 6.07) is 8.69. The molecule has 0 fully saturated rings. The predicted molar refractivity (Wildman–Crippen MR) is 90.0 cm³/mol. The van der Waals surface area contributed by atoms with E-state index >= 15 is 0 Å². The van der Waals surface area contributed by atoms with Crippen molar-refractivity contribution in [1.29, 1.82) is 0 Å². The van der Waals surface area contributed by atoms with Gasteiger partial charge in [0.15, 0.2) is 0 Å². The van der Waals surface area contributed by atoms with E-state index in [2.05, 4.69) is 20.5 Å². The van der Waals surface area contributed by atoms with Crippen molar-refractivity contribution in [3.8, 4) is 0 Å². The maximum Gasteiger partial charge on any atom is 2.00 e. The molecule has 0 aromatic carbocycles. The first-order chi connectivity index (χ1) is 11.8. The first kappa shape index (κ1) is 25.0. The van der Waals surface area contributed by atoms with E-state index in [4.69, 9.17) is 30.6 Å². The van der Waals surface area contributed by atoms with Crippen molar-refractivity contribution in [3.05, 3.63) is 90.8 Å². The zero-order chi connectivity index (χ0) is 19.1. The maximum atomic E-state index is 11.6. The molecular formula is C12H10N6O7Pb. The number of pyridine rings is 2. The van der Waals surface area contributed by atoms with Crippen LogP contribution in [0.1, 0.15) is 16.1 Å². The molecule has 134 valence electrons. The maximum absolute atomic E-state index is 11.6. The van der Waals surface area contributed by atoms with E-state index < -0.39 is 10.2 Å². The molecule has 0 unspecified atom stereocenters. The Bertz CT molecular complexity index is 682. The van der Waals surface area contributed by atoms with Crippen LogP contribution in [0, 0.1) is 30.6 Å². The fourth-order valence-corrected chi connectivity index (χ4v) is 1.18. The van der Waals surface area contributed by atoms with Crippen molar-refractivity contribution in [2.45, 2.75) is 0 Å². The molecule has 2 aromatic heterocycles. The summed E-state index contributed by atoms with van der Waals surface area (Å²) in [6.07, 6.45) is 6.25. The molecule has 1 amide bonds. The van der Waals surface area contributed by atoms with Gasteiger partial charge in [-0.05, 0) is 24.3 Å². The molecule has 0 bridgehead atoms. The molecule has 0 atom stereocenters. The van der Waals surface area contributed by atoms with Crippen LogP contribution in [0.4, 0.5) is 0 Å². The van der Waals surface area contributed by atoms with E-state index in [1.165, 1.54) is 6.21 Å². The summed E-state index contributed by atoms with van der Waals surface area (Å²) < 4.78 is 0. The molecule has 2 aromatic rings. The standard InChI is InChI=1S/C12H10N4O.2NO3.Pb/c17-12(10-4-7-13-8-5-10)16-15-9-11-3-1-2-6-14-11;2*2-1(3)4;/h1-9H,(H,16,17);;;/q;2*-1;+2/b15-9+;;;. The van der Waals surface area contributed by atoms with E-state index in [9.17, 15) is 4.79 Å². The molecule has 1 N–H and O–H groups in total. The van der Waals surface area contributed by atoms with E-state index in [0.717, 1.165) is 0 Å². The molecule has 14 heteroatoms. The fourth-order valence-electron chi connectivity index (χ4n) is 1.18. The summed E-state index contributed by atoms with van der Waals surface area (Å²) in [5.41, 5.74) is 3.61. The Kier molecular flexibility index (Phi) is 14.7. The average Bonchev–Trinajstić information content (AvgIpc) is 2.55. The summed E-state index contributed by atoms with van der Waals surface area (Å²) in [7, 11) is 0. The van der Waals surface area contributed by atoms with Gasteiger partial charge in [-0.25, -0.2) is 5.43 Å². The zero-order valence-electron chi connectivity index (χ0n) is 12.8. The third kappa shape index (κ3) is 15.6. The molecule has 0 aliphatic rings. The number of hydrazone groups is 1. The van der Waals surface area contributed by atoms with Gasteiger partial charge in [0, 0.05) is 24.2 Å². The Morgan fingerprint density at radius 1 is 1.00 bits per heavy atom. The molecule has 13 nitrogen and oxygen atoms in total. The fraction of sp³-hybridized carbons (Fsp3) is 0. The minimum absolute atomic E-state index is 0. The smallest absolute Gasteiger partial charge is 0.356 e. The average molecular weight is 557 g/mol. The van der Waals surface area contributed by atoms with Gasteiger partial charge in [0.2, 0.25) is 0 Å². The van der Waals surface area contributed by atoms with Gasteiger partial charge >= 0.3 is 27.3 Å². The summed E-state index contributed by atoms with van der Waals surface area (Å²) >= 11 is 0. The van der Waals surface area contributed by atoms with Gasteiger partial charge in [-0.15, -0.1) is 0 Å². The van der Waals surface area contributed by atoms with Crippen LogP contribution in [0.25, 0.3) is 0 Å². The SMILES string of the molecule is O=C(N/N=C/c1ccccn1)c1ccncc1.O=[N+]([O-])[O-].O=[N+]([O-])[O-].[Pb+2]. The second kappa shape index (κ2) is 15.3. The van der Waals surface area contributed by atoms with E-state index in [0.29, 0.717) is 11.3 Å². The molecule has 0 spiro atoms. The zero-order valence-corrected chi connectivity index (χ0v) is 16.7. The van der Waals surface area contributed by atoms with Gasteiger partial charge in [-0.1, -0.05) is 6.07 Å². The van der Waals surface area contributed by atoms with E-state index in [1.54, 1.807) is 36.8 Å². The molecular weight excluding hydrogens is 547 g/mol. The van der Waals surface area contributed by atoms with Crippen molar-refractivity contribution in [2.75, 3.05) is 0 Å². The van der Waals surface area contributed by atoms with Crippen LogP contribution in [0.2, 0.25) is 0 Å². The first-order valence-electron chi connectivity index (χ1n) is 6.10. The van der Waals surface area contributed by atoms with Gasteiger partial charge < -0.3 is 30.6 Å². The summed E-state index contributed by atoms with van der Waals surface area (Å²) in [5.74, 6) is -0.278. The molecule has 0 aliphatic carbocycles. The van der Waals surface area contributed by atoms with Gasteiger partial charge in [-0.3, -0.25) is 14.8 Å². The predicted octanol–water partition coefficient (Wildman–Crippen LogP) is 0.381. The minimum atomic E-state index is -1.75. The van der Waals surface area contributed by atoms with Crippen LogP contribution in [0.5, 0.6) is 0 Å². The number of aromatic nitrogens is 2. The Balaban J connectivity index is 0. The molecule has 2 heterocycles. The van der Waals surface area contributed by atoms with E-state index in [-0.39, 0.29) is 33.2 Å². The number of nitrogens with one attached hydrogen (secondary N) is 1. The van der Waals surface area contributed by atoms with Gasteiger partial charge in [0.1, 0.15) is 0 Å². The van der Waals surface area contributed by atoms with Crippen LogP contribution in [0.3, 0.4) is 0 Å². The van der Waals surface area contributed by atoms with E-state index in [1.807, 2.05) is 12.1 Å². The van der Waals surface area contributed by atoms with Crippen molar-refractivity contribution >= 4 is 39.4 Å². The Morgan fingerprint density at radius 2 is 1.54 bits per heavy atom. The van der Waals surface area contributed by atoms with Gasteiger partial charge in [0.25, 0.3) is 5.91 Å². The minimum Gasteiger partial charge on any atom is -0.356 e. The molecule has 2 radical (unpaired) electrons. The molecule has 0 saturated heterocycles. The third-order valence-corrected chi connectivity index (χ3v) is 1.99. The summed E-state index contributed by atoms with van der Waals surface area (Å²) in [4.78, 5) is 35.9. The van der Waals surface area contributed by atoms with Crippen molar-refractivity contribution in [1.82, 2.24) is 15.4 Å². The molecule has 0 aliphatic heterocycles. The number of hydrogen-bond acceptors (Lipinski definition) is 10.